The second kappa shape index (κ2) is 5.42. The van der Waals surface area contributed by atoms with Gasteiger partial charge in [-0.05, 0) is 12.0 Å². The van der Waals surface area contributed by atoms with Crippen molar-refractivity contribution in [1.82, 2.24) is 4.72 Å². The van der Waals surface area contributed by atoms with Crippen molar-refractivity contribution < 1.29 is 21.9 Å². The van der Waals surface area contributed by atoms with Gasteiger partial charge in [0.15, 0.2) is 0 Å². The molecule has 0 radical (unpaired) electrons. The molecule has 0 saturated carbocycles. The first kappa shape index (κ1) is 13.1. The fourth-order valence-corrected chi connectivity index (χ4v) is 1.64. The highest BCUT2D eigenvalue weighted by Gasteiger charge is 2.39. The van der Waals surface area contributed by atoms with Gasteiger partial charge in [-0.1, -0.05) is 30.3 Å². The van der Waals surface area contributed by atoms with Gasteiger partial charge >= 0.3 is 6.18 Å². The Labute approximate surface area is 93.1 Å². The van der Waals surface area contributed by atoms with Crippen molar-refractivity contribution in [2.75, 3.05) is 0 Å². The summed E-state index contributed by atoms with van der Waals surface area (Å²) in [7, 11) is 0. The van der Waals surface area contributed by atoms with Crippen LogP contribution in [0.5, 0.6) is 0 Å². The molecule has 0 aliphatic rings. The van der Waals surface area contributed by atoms with Gasteiger partial charge in [0, 0.05) is 11.3 Å². The Bertz CT molecular complexity index is 356. The van der Waals surface area contributed by atoms with Crippen LogP contribution in [-0.2, 0) is 17.7 Å². The summed E-state index contributed by atoms with van der Waals surface area (Å²) in [6, 6.07) is 5.79. The highest BCUT2D eigenvalue weighted by atomic mass is 32.2. The summed E-state index contributed by atoms with van der Waals surface area (Å²) in [5.41, 5.74) is 0.419. The summed E-state index contributed by atoms with van der Waals surface area (Å²) < 4.78 is 59.2. The van der Waals surface area contributed by atoms with E-state index in [-0.39, 0.29) is 0 Å². The maximum atomic E-state index is 12.4. The van der Waals surface area contributed by atoms with Crippen LogP contribution in [0.1, 0.15) is 5.56 Å². The van der Waals surface area contributed by atoms with Gasteiger partial charge < -0.3 is 4.55 Å². The van der Waals surface area contributed by atoms with Crippen LogP contribution < -0.4 is 4.72 Å². The Hall–Kier alpha value is -0.920. The molecule has 2 unspecified atom stereocenters. The van der Waals surface area contributed by atoms with Gasteiger partial charge in [-0.25, -0.2) is 4.72 Å². The summed E-state index contributed by atoms with van der Waals surface area (Å²) in [6.45, 7) is 0. The second-order valence-electron chi connectivity index (χ2n) is 3.14. The molecular weight excluding hydrogens is 243 g/mol. The number of hydrogen-bond donors (Lipinski definition) is 1. The zero-order chi connectivity index (χ0) is 12.2. The zero-order valence-electron chi connectivity index (χ0n) is 8.03. The topological polar surface area (TPSA) is 52.2 Å². The summed E-state index contributed by atoms with van der Waals surface area (Å²) in [5, 5.41) is 0. The van der Waals surface area contributed by atoms with Gasteiger partial charge in [-0.15, -0.1) is 0 Å². The summed E-state index contributed by atoms with van der Waals surface area (Å²) >= 11 is -2.94. The smallest absolute Gasteiger partial charge is 0.405 e. The quantitative estimate of drug-likeness (QED) is 0.826. The summed E-state index contributed by atoms with van der Waals surface area (Å²) in [5.74, 6) is 0. The lowest BCUT2D eigenvalue weighted by molar-refractivity contribution is -0.151. The van der Waals surface area contributed by atoms with Crippen LogP contribution in [0.25, 0.3) is 0 Å². The van der Waals surface area contributed by atoms with E-state index in [0.717, 1.165) is 0 Å². The SMILES string of the molecule is O=S([O-])NC(Cc1ccccc1)C(F)(F)F. The Kier molecular flexibility index (Phi) is 4.45. The molecule has 0 saturated heterocycles. The van der Waals surface area contributed by atoms with Gasteiger partial charge in [-0.3, -0.25) is 4.21 Å². The molecule has 0 fully saturated rings. The third-order valence-electron chi connectivity index (χ3n) is 1.92. The molecule has 0 aliphatic carbocycles. The summed E-state index contributed by atoms with van der Waals surface area (Å²) in [6.07, 6.45) is -5.02. The van der Waals surface area contributed by atoms with Crippen molar-refractivity contribution in [1.29, 1.82) is 0 Å². The van der Waals surface area contributed by atoms with Crippen LogP contribution in [0.15, 0.2) is 30.3 Å². The highest BCUT2D eigenvalue weighted by Crippen LogP contribution is 2.23. The molecule has 16 heavy (non-hydrogen) atoms. The van der Waals surface area contributed by atoms with E-state index in [4.69, 9.17) is 0 Å². The van der Waals surface area contributed by atoms with Gasteiger partial charge in [0.05, 0.1) is 0 Å². The first-order valence-corrected chi connectivity index (χ1v) is 5.43. The molecule has 3 nitrogen and oxygen atoms in total. The molecule has 7 heteroatoms. The van der Waals surface area contributed by atoms with Crippen LogP contribution >= 0.6 is 0 Å². The largest absolute Gasteiger partial charge is 0.760 e. The zero-order valence-corrected chi connectivity index (χ0v) is 8.85. The molecule has 2 atom stereocenters. The first-order valence-electron chi connectivity index (χ1n) is 4.35. The van der Waals surface area contributed by atoms with Gasteiger partial charge in [0.2, 0.25) is 0 Å². The van der Waals surface area contributed by atoms with Crippen LogP contribution in [-0.4, -0.2) is 21.0 Å². The van der Waals surface area contributed by atoms with Crippen LogP contribution in [0, 0.1) is 0 Å². The molecule has 1 N–H and O–H groups in total. The van der Waals surface area contributed by atoms with Crippen LogP contribution in [0.4, 0.5) is 13.2 Å². The lowest BCUT2D eigenvalue weighted by atomic mass is 10.1. The lowest BCUT2D eigenvalue weighted by Crippen LogP contribution is -2.44. The van der Waals surface area contributed by atoms with E-state index in [0.29, 0.717) is 5.56 Å². The third-order valence-corrected chi connectivity index (χ3v) is 2.39. The molecule has 0 spiro atoms. The van der Waals surface area contributed by atoms with Crippen molar-refractivity contribution in [3.8, 4) is 0 Å². The van der Waals surface area contributed by atoms with Crippen molar-refractivity contribution in [3.05, 3.63) is 35.9 Å². The van der Waals surface area contributed by atoms with Crippen molar-refractivity contribution in [3.63, 3.8) is 0 Å². The molecule has 0 aromatic heterocycles. The number of alkyl halides is 3. The minimum Gasteiger partial charge on any atom is -0.760 e. The summed E-state index contributed by atoms with van der Waals surface area (Å²) in [4.78, 5) is 0. The van der Waals surface area contributed by atoms with E-state index in [1.807, 2.05) is 0 Å². The molecule has 0 amide bonds. The Morgan fingerprint density at radius 3 is 2.31 bits per heavy atom. The molecule has 0 heterocycles. The van der Waals surface area contributed by atoms with E-state index in [9.17, 15) is 21.9 Å². The van der Waals surface area contributed by atoms with E-state index < -0.39 is 29.9 Å². The van der Waals surface area contributed by atoms with Crippen molar-refractivity contribution in [2.45, 2.75) is 18.6 Å². The maximum Gasteiger partial charge on any atom is 0.405 e. The van der Waals surface area contributed by atoms with E-state index in [1.54, 1.807) is 18.2 Å². The predicted octanol–water partition coefficient (Wildman–Crippen LogP) is 1.54. The van der Waals surface area contributed by atoms with Gasteiger partial charge in [0.25, 0.3) is 0 Å². The van der Waals surface area contributed by atoms with E-state index >= 15 is 0 Å². The second-order valence-corrected chi connectivity index (χ2v) is 3.84. The molecular formula is C9H9F3NO2S-. The van der Waals surface area contributed by atoms with Crippen LogP contribution in [0.3, 0.4) is 0 Å². The van der Waals surface area contributed by atoms with Crippen LogP contribution in [0.2, 0.25) is 0 Å². The number of benzene rings is 1. The Morgan fingerprint density at radius 2 is 1.88 bits per heavy atom. The molecule has 1 rings (SSSR count). The lowest BCUT2D eigenvalue weighted by Gasteiger charge is -2.22. The standard InChI is InChI=1S/C9H10F3NO2S/c10-9(11,12)8(13-16(14)15)6-7-4-2-1-3-5-7/h1-5,8,13H,6H2,(H,14,15)/p-1. The number of halogens is 3. The monoisotopic (exact) mass is 252 g/mol. The van der Waals surface area contributed by atoms with Crippen molar-refractivity contribution >= 4 is 11.3 Å². The Morgan fingerprint density at radius 1 is 1.31 bits per heavy atom. The average molecular weight is 252 g/mol. The minimum absolute atomic E-state index is 0.418. The molecule has 0 bridgehead atoms. The predicted molar refractivity (Wildman–Crippen MR) is 52.0 cm³/mol. The normalized spacial score (nSPS) is 15.8. The molecule has 1 aromatic carbocycles. The number of nitrogens with one attached hydrogen (secondary N) is 1. The minimum atomic E-state index is -4.60. The first-order chi connectivity index (χ1) is 7.39. The molecule has 90 valence electrons. The number of rotatable bonds is 4. The average Bonchev–Trinajstić information content (AvgIpc) is 2.16. The van der Waals surface area contributed by atoms with E-state index in [2.05, 4.69) is 0 Å². The van der Waals surface area contributed by atoms with Gasteiger partial charge in [0.1, 0.15) is 6.04 Å². The highest BCUT2D eigenvalue weighted by molar-refractivity contribution is 7.77. The molecule has 1 aromatic rings. The van der Waals surface area contributed by atoms with Crippen molar-refractivity contribution in [2.24, 2.45) is 0 Å². The maximum absolute atomic E-state index is 12.4. The fraction of sp³-hybridized carbons (Fsp3) is 0.333. The fourth-order valence-electron chi connectivity index (χ4n) is 1.19. The van der Waals surface area contributed by atoms with Gasteiger partial charge in [-0.2, -0.15) is 13.2 Å². The van der Waals surface area contributed by atoms with E-state index in [1.165, 1.54) is 16.9 Å². The third kappa shape index (κ3) is 4.30. The Balaban J connectivity index is 2.75. The number of hydrogen-bond acceptors (Lipinski definition) is 2. The molecule has 0 aliphatic heterocycles.